The zero-order valence-electron chi connectivity index (χ0n) is 13.6. The van der Waals surface area contributed by atoms with Gasteiger partial charge in [-0.1, -0.05) is 28.1 Å². The molecule has 0 aliphatic heterocycles. The molecule has 0 amide bonds. The summed E-state index contributed by atoms with van der Waals surface area (Å²) in [7, 11) is -4.00. The van der Waals surface area contributed by atoms with Gasteiger partial charge < -0.3 is 4.98 Å². The van der Waals surface area contributed by atoms with Gasteiger partial charge in [0, 0.05) is 21.9 Å². The first-order valence-corrected chi connectivity index (χ1v) is 10.1. The smallest absolute Gasteiger partial charge is 0.295 e. The second-order valence-corrected chi connectivity index (χ2v) is 8.59. The summed E-state index contributed by atoms with van der Waals surface area (Å²) < 4.78 is 78.8. The Kier molecular flexibility index (Phi) is 5.13. The first kappa shape index (κ1) is 19.6. The van der Waals surface area contributed by atoms with E-state index in [9.17, 15) is 26.0 Å². The molecule has 0 radical (unpaired) electrons. The van der Waals surface area contributed by atoms with Crippen LogP contribution in [0.3, 0.4) is 0 Å². The van der Waals surface area contributed by atoms with Crippen LogP contribution in [0.25, 0.3) is 22.5 Å². The lowest BCUT2D eigenvalue weighted by molar-refractivity contribution is 0.141. The molecule has 0 aliphatic carbocycles. The fourth-order valence-corrected chi connectivity index (χ4v) is 3.51. The summed E-state index contributed by atoms with van der Waals surface area (Å²) in [6.07, 6.45) is -2.22. The van der Waals surface area contributed by atoms with E-state index in [1.807, 2.05) is 0 Å². The third-order valence-corrected chi connectivity index (χ3v) is 5.38. The Bertz CT molecular complexity index is 1110. The maximum Gasteiger partial charge on any atom is 0.295 e. The minimum Gasteiger partial charge on any atom is -0.337 e. The van der Waals surface area contributed by atoms with Crippen LogP contribution in [0, 0.1) is 11.6 Å². The average Bonchev–Trinajstić information content (AvgIpc) is 3.01. The predicted molar refractivity (Wildman–Crippen MR) is 95.1 cm³/mol. The Morgan fingerprint density at radius 2 is 1.70 bits per heavy atom. The topological polar surface area (TPSA) is 62.8 Å². The van der Waals surface area contributed by atoms with Gasteiger partial charge in [0.2, 0.25) is 0 Å². The van der Waals surface area contributed by atoms with Crippen molar-refractivity contribution in [3.63, 3.8) is 0 Å². The molecule has 0 aliphatic rings. The number of hydrogen-bond acceptors (Lipinski definition) is 3. The van der Waals surface area contributed by atoms with E-state index in [1.54, 1.807) is 24.3 Å². The molecule has 0 saturated heterocycles. The van der Waals surface area contributed by atoms with E-state index in [2.05, 4.69) is 25.9 Å². The molecule has 27 heavy (non-hydrogen) atoms. The molecule has 3 aromatic rings. The molecule has 10 heteroatoms. The summed E-state index contributed by atoms with van der Waals surface area (Å²) in [5.74, 6) is -2.99. The first-order valence-electron chi connectivity index (χ1n) is 7.41. The fraction of sp³-hybridized carbons (Fsp3) is 0.118. The highest BCUT2D eigenvalue weighted by Gasteiger charge is 2.24. The molecule has 2 aromatic carbocycles. The van der Waals surface area contributed by atoms with Crippen LogP contribution in [0.5, 0.6) is 0 Å². The second kappa shape index (κ2) is 7.08. The maximum absolute atomic E-state index is 14.5. The van der Waals surface area contributed by atoms with Crippen molar-refractivity contribution in [1.82, 2.24) is 9.97 Å². The van der Waals surface area contributed by atoms with Gasteiger partial charge in [0.05, 0.1) is 11.4 Å². The van der Waals surface area contributed by atoms with Crippen molar-refractivity contribution in [1.29, 1.82) is 0 Å². The largest absolute Gasteiger partial charge is 0.337 e. The summed E-state index contributed by atoms with van der Waals surface area (Å²) in [5, 5.41) is 0. The van der Waals surface area contributed by atoms with Crippen LogP contribution >= 0.6 is 15.9 Å². The van der Waals surface area contributed by atoms with Gasteiger partial charge in [-0.05, 0) is 24.3 Å². The van der Waals surface area contributed by atoms with Crippen molar-refractivity contribution in [2.75, 3.05) is 6.26 Å². The highest BCUT2D eigenvalue weighted by molar-refractivity contribution is 9.10. The van der Waals surface area contributed by atoms with Crippen molar-refractivity contribution in [3.05, 3.63) is 58.3 Å². The minimum atomic E-state index is -4.00. The Morgan fingerprint density at radius 3 is 2.26 bits per heavy atom. The van der Waals surface area contributed by atoms with Crippen molar-refractivity contribution >= 4 is 25.8 Å². The Balaban J connectivity index is 2.25. The monoisotopic (exact) mass is 462 g/mol. The fourth-order valence-electron chi connectivity index (χ4n) is 2.51. The van der Waals surface area contributed by atoms with Crippen LogP contribution in [0.4, 0.5) is 17.6 Å². The van der Waals surface area contributed by atoms with Gasteiger partial charge in [-0.25, -0.2) is 31.0 Å². The highest BCUT2D eigenvalue weighted by Crippen LogP contribution is 2.35. The summed E-state index contributed by atoms with van der Waals surface area (Å²) in [6.45, 7) is 0. The van der Waals surface area contributed by atoms with Gasteiger partial charge in [-0.3, -0.25) is 0 Å². The number of benzene rings is 2. The molecule has 0 saturated carbocycles. The molecule has 4 nitrogen and oxygen atoms in total. The lowest BCUT2D eigenvalue weighted by Crippen LogP contribution is -2.03. The number of nitrogens with one attached hydrogen (secondary N) is 1. The maximum atomic E-state index is 14.5. The van der Waals surface area contributed by atoms with Gasteiger partial charge in [-0.2, -0.15) is 0 Å². The molecule has 0 unspecified atom stereocenters. The Morgan fingerprint density at radius 1 is 1.07 bits per heavy atom. The van der Waals surface area contributed by atoms with Crippen LogP contribution in [0.1, 0.15) is 12.2 Å². The molecule has 0 bridgehead atoms. The van der Waals surface area contributed by atoms with E-state index >= 15 is 0 Å². The molecule has 1 heterocycles. The molecule has 1 aromatic heterocycles. The van der Waals surface area contributed by atoms with Crippen LogP contribution in [0.2, 0.25) is 0 Å². The standard InChI is InChI=1S/C17H11BrF4N2O2S/c1-27(25,26)13-7-11(19)10(6-12(13)20)15-14(23-17(24-15)16(21)22)8-2-4-9(18)5-3-8/h2-7,16H,1H3,(H,23,24). The second-order valence-electron chi connectivity index (χ2n) is 5.69. The molecule has 0 fully saturated rings. The predicted octanol–water partition coefficient (Wildman–Crippen LogP) is 5.13. The molecule has 3 rings (SSSR count). The van der Waals surface area contributed by atoms with Crippen LogP contribution in [-0.2, 0) is 9.84 Å². The zero-order chi connectivity index (χ0) is 19.9. The number of imidazole rings is 1. The average molecular weight is 463 g/mol. The van der Waals surface area contributed by atoms with Crippen LogP contribution in [0.15, 0.2) is 45.8 Å². The Hall–Kier alpha value is -2.20. The van der Waals surface area contributed by atoms with Crippen LogP contribution in [-0.4, -0.2) is 24.6 Å². The third kappa shape index (κ3) is 3.91. The molecular weight excluding hydrogens is 452 g/mol. The number of aromatic amines is 1. The van der Waals surface area contributed by atoms with Gasteiger partial charge >= 0.3 is 0 Å². The lowest BCUT2D eigenvalue weighted by Gasteiger charge is -2.08. The third-order valence-electron chi connectivity index (χ3n) is 3.74. The van der Waals surface area contributed by atoms with E-state index in [1.165, 1.54) is 0 Å². The number of aromatic nitrogens is 2. The molecule has 1 N–H and O–H groups in total. The number of hydrogen-bond donors (Lipinski definition) is 1. The summed E-state index contributed by atoms with van der Waals surface area (Å²) in [6, 6.07) is 7.58. The van der Waals surface area contributed by atoms with E-state index in [0.717, 1.165) is 10.7 Å². The summed E-state index contributed by atoms with van der Waals surface area (Å²) in [5.41, 5.74) is -0.201. The van der Waals surface area contributed by atoms with E-state index in [0.29, 0.717) is 17.7 Å². The molecule has 0 atom stereocenters. The number of nitrogens with zero attached hydrogens (tertiary/aromatic N) is 1. The van der Waals surface area contributed by atoms with Gasteiger partial charge in [0.25, 0.3) is 6.43 Å². The van der Waals surface area contributed by atoms with Crippen LogP contribution < -0.4 is 0 Å². The SMILES string of the molecule is CS(=O)(=O)c1cc(F)c(-c2[nH]c(C(F)F)nc2-c2ccc(Br)cc2)cc1F. The quantitative estimate of drug-likeness (QED) is 0.546. The van der Waals surface area contributed by atoms with E-state index in [-0.39, 0.29) is 11.4 Å². The van der Waals surface area contributed by atoms with Gasteiger partial charge in [0.15, 0.2) is 15.7 Å². The number of halogens is 5. The number of rotatable bonds is 4. The van der Waals surface area contributed by atoms with E-state index in [4.69, 9.17) is 0 Å². The summed E-state index contributed by atoms with van der Waals surface area (Å²) in [4.78, 5) is 5.29. The first-order chi connectivity index (χ1) is 12.6. The molecule has 0 spiro atoms. The normalized spacial score (nSPS) is 12.0. The van der Waals surface area contributed by atoms with Crippen molar-refractivity contribution in [3.8, 4) is 22.5 Å². The molecular formula is C17H11BrF4N2O2S. The minimum absolute atomic E-state index is 0.0109. The molecule has 142 valence electrons. The Labute approximate surface area is 160 Å². The zero-order valence-corrected chi connectivity index (χ0v) is 16.0. The van der Waals surface area contributed by atoms with Crippen molar-refractivity contribution < 1.29 is 26.0 Å². The van der Waals surface area contributed by atoms with E-state index < -0.39 is 44.2 Å². The highest BCUT2D eigenvalue weighted by atomic mass is 79.9. The lowest BCUT2D eigenvalue weighted by atomic mass is 10.0. The van der Waals surface area contributed by atoms with Crippen molar-refractivity contribution in [2.24, 2.45) is 0 Å². The number of sulfone groups is 1. The number of alkyl halides is 2. The van der Waals surface area contributed by atoms with Crippen molar-refractivity contribution in [2.45, 2.75) is 11.3 Å². The number of H-pyrrole nitrogens is 1. The van der Waals surface area contributed by atoms with Gasteiger partial charge in [0.1, 0.15) is 16.5 Å². The summed E-state index contributed by atoms with van der Waals surface area (Å²) >= 11 is 3.24. The van der Waals surface area contributed by atoms with Gasteiger partial charge in [-0.15, -0.1) is 0 Å².